The maximum absolute atomic E-state index is 13.4. The summed E-state index contributed by atoms with van der Waals surface area (Å²) in [5, 5.41) is 9.26. The van der Waals surface area contributed by atoms with E-state index < -0.39 is 16.8 Å². The molecule has 0 radical (unpaired) electrons. The number of amides is 1. The first-order chi connectivity index (χ1) is 9.87. The minimum atomic E-state index is -0.867. The zero-order valence-corrected chi connectivity index (χ0v) is 11.9. The molecule has 0 bridgehead atoms. The highest BCUT2D eigenvalue weighted by Gasteiger charge is 2.55. The molecule has 2 fully saturated rings. The number of carboxylic acids is 1. The predicted octanol–water partition coefficient (Wildman–Crippen LogP) is 2.18. The van der Waals surface area contributed by atoms with E-state index in [-0.39, 0.29) is 18.3 Å². The number of nitrogens with zero attached hydrogens (tertiary/aromatic N) is 1. The lowest BCUT2D eigenvalue weighted by Crippen LogP contribution is -2.40. The van der Waals surface area contributed by atoms with E-state index in [0.29, 0.717) is 31.4 Å². The van der Waals surface area contributed by atoms with Gasteiger partial charge in [0.05, 0.1) is 10.8 Å². The molecule has 4 nitrogen and oxygen atoms in total. The maximum atomic E-state index is 13.4. The first-order valence-corrected chi connectivity index (χ1v) is 7.16. The van der Waals surface area contributed by atoms with Crippen molar-refractivity contribution in [1.82, 2.24) is 4.90 Å². The third-order valence-corrected chi connectivity index (χ3v) is 4.81. The fourth-order valence-corrected chi connectivity index (χ4v) is 3.15. The van der Waals surface area contributed by atoms with Crippen LogP contribution in [0.15, 0.2) is 24.3 Å². The summed E-state index contributed by atoms with van der Waals surface area (Å²) < 4.78 is 13.4. The van der Waals surface area contributed by atoms with Gasteiger partial charge in [-0.2, -0.15) is 0 Å². The minimum Gasteiger partial charge on any atom is -0.481 e. The smallest absolute Gasteiger partial charge is 0.311 e. The molecule has 0 spiro atoms. The Bertz CT molecular complexity index is 611. The van der Waals surface area contributed by atoms with Gasteiger partial charge in [-0.1, -0.05) is 12.1 Å². The minimum absolute atomic E-state index is 0.0573. The van der Waals surface area contributed by atoms with Crippen molar-refractivity contribution in [3.05, 3.63) is 35.6 Å². The summed E-state index contributed by atoms with van der Waals surface area (Å²) in [5.74, 6) is -1.27. The lowest BCUT2D eigenvalue weighted by Gasteiger charge is -2.25. The van der Waals surface area contributed by atoms with Crippen LogP contribution in [-0.4, -0.2) is 35.0 Å². The van der Waals surface area contributed by atoms with Crippen LogP contribution in [0, 0.1) is 11.2 Å². The van der Waals surface area contributed by atoms with Crippen molar-refractivity contribution in [2.45, 2.75) is 31.6 Å². The summed E-state index contributed by atoms with van der Waals surface area (Å²) in [6.07, 6.45) is 1.87. The van der Waals surface area contributed by atoms with E-state index in [2.05, 4.69) is 0 Å². The van der Waals surface area contributed by atoms with Gasteiger partial charge in [-0.25, -0.2) is 4.39 Å². The van der Waals surface area contributed by atoms with Crippen molar-refractivity contribution in [1.29, 1.82) is 0 Å². The maximum Gasteiger partial charge on any atom is 0.311 e. The summed E-state index contributed by atoms with van der Waals surface area (Å²) in [4.78, 5) is 25.7. The highest BCUT2D eigenvalue weighted by Crippen LogP contribution is 2.50. The monoisotopic (exact) mass is 291 g/mol. The average molecular weight is 291 g/mol. The molecule has 1 saturated carbocycles. The van der Waals surface area contributed by atoms with Crippen LogP contribution in [0.3, 0.4) is 0 Å². The van der Waals surface area contributed by atoms with Gasteiger partial charge in [-0.15, -0.1) is 0 Å². The number of carboxylic acid groups (broad SMARTS) is 1. The highest BCUT2D eigenvalue weighted by molar-refractivity contribution is 5.92. The molecule has 0 aromatic heterocycles. The van der Waals surface area contributed by atoms with E-state index in [1.54, 1.807) is 24.0 Å². The summed E-state index contributed by atoms with van der Waals surface area (Å²) in [6, 6.07) is 6.17. The Kier molecular flexibility index (Phi) is 3.04. The molecule has 1 saturated heterocycles. The zero-order valence-electron chi connectivity index (χ0n) is 11.9. The van der Waals surface area contributed by atoms with Crippen LogP contribution in [0.5, 0.6) is 0 Å². The van der Waals surface area contributed by atoms with Crippen LogP contribution in [0.2, 0.25) is 0 Å². The molecule has 5 heteroatoms. The van der Waals surface area contributed by atoms with E-state index in [1.807, 2.05) is 0 Å². The fraction of sp³-hybridized carbons (Fsp3) is 0.500. The van der Waals surface area contributed by atoms with Gasteiger partial charge in [0.1, 0.15) is 5.82 Å². The Morgan fingerprint density at radius 3 is 2.52 bits per heavy atom. The molecule has 1 N–H and O–H groups in total. The molecule has 3 rings (SSSR count). The van der Waals surface area contributed by atoms with E-state index in [1.165, 1.54) is 12.1 Å². The summed E-state index contributed by atoms with van der Waals surface area (Å²) >= 11 is 0. The Hall–Kier alpha value is -1.91. The van der Waals surface area contributed by atoms with Gasteiger partial charge in [0.2, 0.25) is 5.91 Å². The van der Waals surface area contributed by atoms with Crippen LogP contribution in [0.4, 0.5) is 4.39 Å². The number of halogens is 1. The van der Waals surface area contributed by atoms with E-state index in [4.69, 9.17) is 0 Å². The third kappa shape index (κ3) is 2.20. The van der Waals surface area contributed by atoms with Crippen LogP contribution in [0.25, 0.3) is 0 Å². The molecule has 112 valence electrons. The number of benzene rings is 1. The van der Waals surface area contributed by atoms with Crippen molar-refractivity contribution in [3.63, 3.8) is 0 Å². The molecule has 2 aliphatic rings. The van der Waals surface area contributed by atoms with Crippen molar-refractivity contribution in [2.24, 2.45) is 5.41 Å². The van der Waals surface area contributed by atoms with Crippen LogP contribution < -0.4 is 0 Å². The van der Waals surface area contributed by atoms with Crippen molar-refractivity contribution >= 4 is 11.9 Å². The lowest BCUT2D eigenvalue weighted by atomic mass is 9.90. The largest absolute Gasteiger partial charge is 0.481 e. The SMILES string of the molecule is C[C@]1(C(=O)O)CCN(C(=O)C2(c3cccc(F)c3)CC2)C1. The predicted molar refractivity (Wildman–Crippen MR) is 74.3 cm³/mol. The van der Waals surface area contributed by atoms with Gasteiger partial charge in [-0.3, -0.25) is 9.59 Å². The second-order valence-electron chi connectivity index (χ2n) is 6.43. The number of carbonyl (C=O) groups is 2. The van der Waals surface area contributed by atoms with Crippen molar-refractivity contribution < 1.29 is 19.1 Å². The normalized spacial score (nSPS) is 26.7. The second kappa shape index (κ2) is 4.55. The number of hydrogen-bond acceptors (Lipinski definition) is 2. The first kappa shape index (κ1) is 14.0. The third-order valence-electron chi connectivity index (χ3n) is 4.81. The number of rotatable bonds is 3. The quantitative estimate of drug-likeness (QED) is 0.928. The Balaban J connectivity index is 1.82. The van der Waals surface area contributed by atoms with E-state index in [0.717, 1.165) is 0 Å². The summed E-state index contributed by atoms with van der Waals surface area (Å²) in [7, 11) is 0. The molecular weight excluding hydrogens is 273 g/mol. The van der Waals surface area contributed by atoms with Crippen LogP contribution in [-0.2, 0) is 15.0 Å². The second-order valence-corrected chi connectivity index (χ2v) is 6.43. The van der Waals surface area contributed by atoms with Crippen LogP contribution >= 0.6 is 0 Å². The molecule has 0 unspecified atom stereocenters. The van der Waals surface area contributed by atoms with Crippen molar-refractivity contribution in [2.75, 3.05) is 13.1 Å². The standard InChI is InChI=1S/C16H18FNO3/c1-15(14(20)21)7-8-18(10-15)13(19)16(5-6-16)11-3-2-4-12(17)9-11/h2-4,9H,5-8,10H2,1H3,(H,20,21)/t15-/m0/s1. The topological polar surface area (TPSA) is 57.6 Å². The number of likely N-dealkylation sites (tertiary alicyclic amines) is 1. The summed E-state index contributed by atoms with van der Waals surface area (Å²) in [6.45, 7) is 2.36. The average Bonchev–Trinajstić information content (AvgIpc) is 3.15. The molecule has 1 heterocycles. The van der Waals surface area contributed by atoms with E-state index in [9.17, 15) is 19.1 Å². The van der Waals surface area contributed by atoms with Gasteiger partial charge in [0, 0.05) is 13.1 Å². The zero-order chi connectivity index (χ0) is 15.3. The molecule has 1 amide bonds. The first-order valence-electron chi connectivity index (χ1n) is 7.16. The molecule has 1 aromatic carbocycles. The van der Waals surface area contributed by atoms with Gasteiger partial charge in [0.25, 0.3) is 0 Å². The van der Waals surface area contributed by atoms with Gasteiger partial charge >= 0.3 is 5.97 Å². The molecule has 1 atom stereocenters. The molecule has 1 aliphatic heterocycles. The van der Waals surface area contributed by atoms with Crippen LogP contribution in [0.1, 0.15) is 31.7 Å². The van der Waals surface area contributed by atoms with E-state index >= 15 is 0 Å². The molecular formula is C16H18FNO3. The number of carbonyl (C=O) groups excluding carboxylic acids is 1. The lowest BCUT2D eigenvalue weighted by molar-refractivity contribution is -0.147. The highest BCUT2D eigenvalue weighted by atomic mass is 19.1. The number of hydrogen-bond donors (Lipinski definition) is 1. The number of aliphatic carboxylic acids is 1. The fourth-order valence-electron chi connectivity index (χ4n) is 3.15. The Labute approximate surface area is 122 Å². The summed E-state index contributed by atoms with van der Waals surface area (Å²) in [5.41, 5.74) is -0.795. The van der Waals surface area contributed by atoms with Gasteiger partial charge in [-0.05, 0) is 43.9 Å². The Morgan fingerprint density at radius 2 is 2.00 bits per heavy atom. The van der Waals surface area contributed by atoms with Gasteiger partial charge in [0.15, 0.2) is 0 Å². The Morgan fingerprint density at radius 1 is 1.29 bits per heavy atom. The van der Waals surface area contributed by atoms with Gasteiger partial charge < -0.3 is 10.0 Å². The molecule has 1 aromatic rings. The van der Waals surface area contributed by atoms with Crippen molar-refractivity contribution in [3.8, 4) is 0 Å². The molecule has 21 heavy (non-hydrogen) atoms. The molecule has 1 aliphatic carbocycles.